The van der Waals surface area contributed by atoms with Crippen molar-refractivity contribution in [3.8, 4) is 5.75 Å². The number of nitrogens with zero attached hydrogens (tertiary/aromatic N) is 2. The summed E-state index contributed by atoms with van der Waals surface area (Å²) in [5, 5.41) is 0. The number of hydrogen-bond acceptors (Lipinski definition) is 2. The van der Waals surface area contributed by atoms with E-state index >= 15 is 0 Å². The minimum Gasteiger partial charge on any atom is -0.497 e. The fourth-order valence-electron chi connectivity index (χ4n) is 2.38. The number of ether oxygens (including phenoxy) is 1. The Labute approximate surface area is 104 Å². The highest BCUT2D eigenvalue weighted by Crippen LogP contribution is 2.21. The molecule has 0 aliphatic heterocycles. The third kappa shape index (κ3) is 1.35. The molecule has 2 heterocycles. The van der Waals surface area contributed by atoms with Gasteiger partial charge in [0.2, 0.25) is 0 Å². The Bertz CT molecular complexity index is 783. The number of rotatable bonds is 2. The molecule has 0 unspecified atom stereocenters. The predicted octanol–water partition coefficient (Wildman–Crippen LogP) is 2.28. The smallest absolute Gasteiger partial charge is 0.275 e. The quantitative estimate of drug-likeness (QED) is 0.691. The molecule has 4 nitrogen and oxygen atoms in total. The van der Waals surface area contributed by atoms with Gasteiger partial charge in [0.25, 0.3) is 5.56 Å². The zero-order valence-corrected chi connectivity index (χ0v) is 10.4. The van der Waals surface area contributed by atoms with Gasteiger partial charge in [-0.05, 0) is 31.2 Å². The summed E-state index contributed by atoms with van der Waals surface area (Å²) in [6, 6.07) is 9.48. The number of hydrogen-bond donors (Lipinski definition) is 0. The number of aryl methyl sites for hydroxylation is 1. The molecule has 0 saturated carbocycles. The maximum absolute atomic E-state index is 12.3. The van der Waals surface area contributed by atoms with Gasteiger partial charge >= 0.3 is 0 Å². The Kier molecular flexibility index (Phi) is 2.37. The van der Waals surface area contributed by atoms with Crippen molar-refractivity contribution in [3.63, 3.8) is 0 Å². The molecule has 0 radical (unpaired) electrons. The van der Waals surface area contributed by atoms with Gasteiger partial charge in [0.05, 0.1) is 18.1 Å². The van der Waals surface area contributed by atoms with Crippen LogP contribution in [0.1, 0.15) is 6.92 Å². The van der Waals surface area contributed by atoms with Crippen molar-refractivity contribution in [1.29, 1.82) is 0 Å². The van der Waals surface area contributed by atoms with Crippen LogP contribution in [0.25, 0.3) is 16.6 Å². The van der Waals surface area contributed by atoms with E-state index in [9.17, 15) is 4.79 Å². The average Bonchev–Trinajstić information content (AvgIpc) is 2.89. The first-order valence-corrected chi connectivity index (χ1v) is 5.94. The Hall–Kier alpha value is -2.23. The van der Waals surface area contributed by atoms with E-state index in [1.165, 1.54) is 0 Å². The van der Waals surface area contributed by atoms with Crippen LogP contribution < -0.4 is 10.3 Å². The summed E-state index contributed by atoms with van der Waals surface area (Å²) in [6.45, 7) is 2.63. The van der Waals surface area contributed by atoms with Gasteiger partial charge in [-0.25, -0.2) is 0 Å². The maximum atomic E-state index is 12.3. The highest BCUT2D eigenvalue weighted by Gasteiger charge is 2.09. The second-order valence-electron chi connectivity index (χ2n) is 4.17. The average molecular weight is 242 g/mol. The van der Waals surface area contributed by atoms with Crippen molar-refractivity contribution in [2.45, 2.75) is 13.5 Å². The molecule has 3 aromatic rings. The zero-order valence-electron chi connectivity index (χ0n) is 10.4. The monoisotopic (exact) mass is 242 g/mol. The Morgan fingerprint density at radius 1 is 1.17 bits per heavy atom. The van der Waals surface area contributed by atoms with Crippen LogP contribution in [-0.2, 0) is 6.54 Å². The second-order valence-corrected chi connectivity index (χ2v) is 4.17. The minimum absolute atomic E-state index is 0.0418. The molecule has 0 amide bonds. The molecule has 1 aromatic carbocycles. The Morgan fingerprint density at radius 2 is 2.00 bits per heavy atom. The largest absolute Gasteiger partial charge is 0.497 e. The van der Waals surface area contributed by atoms with E-state index in [1.807, 2.05) is 47.9 Å². The highest BCUT2D eigenvalue weighted by molar-refractivity contribution is 5.80. The van der Waals surface area contributed by atoms with Crippen molar-refractivity contribution in [3.05, 3.63) is 46.9 Å². The molecule has 0 bridgehead atoms. The van der Waals surface area contributed by atoms with Crippen molar-refractivity contribution < 1.29 is 4.74 Å². The summed E-state index contributed by atoms with van der Waals surface area (Å²) in [6.07, 6.45) is 1.90. The molecule has 4 heteroatoms. The van der Waals surface area contributed by atoms with E-state index in [0.29, 0.717) is 12.1 Å². The van der Waals surface area contributed by atoms with E-state index in [2.05, 4.69) is 0 Å². The normalized spacial score (nSPS) is 11.2. The summed E-state index contributed by atoms with van der Waals surface area (Å²) in [5.74, 6) is 0.791. The lowest BCUT2D eigenvalue weighted by Gasteiger charge is -2.11. The Balaban J connectivity index is 2.58. The van der Waals surface area contributed by atoms with Crippen LogP contribution in [0, 0.1) is 0 Å². The highest BCUT2D eigenvalue weighted by atomic mass is 16.5. The molecule has 0 N–H and O–H groups in total. The van der Waals surface area contributed by atoms with E-state index in [4.69, 9.17) is 4.74 Å². The molecule has 0 aliphatic rings. The molecular formula is C14H14N2O2. The molecule has 0 aliphatic carbocycles. The van der Waals surface area contributed by atoms with Crippen molar-refractivity contribution >= 4 is 16.6 Å². The van der Waals surface area contributed by atoms with Gasteiger partial charge in [-0.1, -0.05) is 0 Å². The summed E-state index contributed by atoms with van der Waals surface area (Å²) in [4.78, 5) is 12.3. The summed E-state index contributed by atoms with van der Waals surface area (Å²) in [5.41, 5.74) is 2.64. The molecule has 2 aromatic heterocycles. The molecule has 0 spiro atoms. The van der Waals surface area contributed by atoms with Crippen LogP contribution in [0.15, 0.2) is 41.3 Å². The molecule has 0 atom stereocenters. The molecule has 92 valence electrons. The first-order chi connectivity index (χ1) is 8.76. The summed E-state index contributed by atoms with van der Waals surface area (Å²) in [7, 11) is 1.64. The molecule has 3 rings (SSSR count). The van der Waals surface area contributed by atoms with Gasteiger partial charge in [0, 0.05) is 18.8 Å². The number of fused-ring (bicyclic) bond motifs is 3. The second kappa shape index (κ2) is 3.91. The van der Waals surface area contributed by atoms with Crippen LogP contribution >= 0.6 is 0 Å². The zero-order chi connectivity index (χ0) is 12.7. The summed E-state index contributed by atoms with van der Waals surface area (Å²) >= 11 is 0. The van der Waals surface area contributed by atoms with Gasteiger partial charge in [-0.2, -0.15) is 0 Å². The van der Waals surface area contributed by atoms with Crippen molar-refractivity contribution in [2.75, 3.05) is 7.11 Å². The molecule has 18 heavy (non-hydrogen) atoms. The topological polar surface area (TPSA) is 35.6 Å². The summed E-state index contributed by atoms with van der Waals surface area (Å²) < 4.78 is 8.94. The fraction of sp³-hybridized carbons (Fsp3) is 0.214. The minimum atomic E-state index is 0.0418. The van der Waals surface area contributed by atoms with Crippen molar-refractivity contribution in [1.82, 2.24) is 8.97 Å². The number of aromatic nitrogens is 2. The van der Waals surface area contributed by atoms with E-state index < -0.39 is 0 Å². The predicted molar refractivity (Wildman–Crippen MR) is 71.4 cm³/mol. The van der Waals surface area contributed by atoms with Crippen LogP contribution in [0.5, 0.6) is 5.75 Å². The van der Waals surface area contributed by atoms with Crippen molar-refractivity contribution in [2.24, 2.45) is 0 Å². The van der Waals surface area contributed by atoms with Crippen LogP contribution in [0.2, 0.25) is 0 Å². The first-order valence-electron chi connectivity index (χ1n) is 5.94. The number of methoxy groups -OCH3 is 1. The van der Waals surface area contributed by atoms with Gasteiger partial charge < -0.3 is 13.7 Å². The third-order valence-corrected chi connectivity index (χ3v) is 3.26. The fourth-order valence-corrected chi connectivity index (χ4v) is 2.38. The molecule has 0 fully saturated rings. The van der Waals surface area contributed by atoms with E-state index in [-0.39, 0.29) is 5.56 Å². The Morgan fingerprint density at radius 3 is 2.72 bits per heavy atom. The molecule has 0 saturated heterocycles. The van der Waals surface area contributed by atoms with Crippen LogP contribution in [0.4, 0.5) is 0 Å². The molecular weight excluding hydrogens is 228 g/mol. The van der Waals surface area contributed by atoms with E-state index in [0.717, 1.165) is 16.8 Å². The lowest BCUT2D eigenvalue weighted by molar-refractivity contribution is 0.415. The van der Waals surface area contributed by atoms with Crippen LogP contribution in [0.3, 0.4) is 0 Å². The van der Waals surface area contributed by atoms with Crippen LogP contribution in [-0.4, -0.2) is 16.1 Å². The lowest BCUT2D eigenvalue weighted by Crippen LogP contribution is -2.21. The number of benzene rings is 1. The van der Waals surface area contributed by atoms with Gasteiger partial charge in [-0.3, -0.25) is 4.79 Å². The standard InChI is InChI=1S/C14H14N2O2/c1-3-15-11-7-6-10(18-2)9-13(11)16-8-4-5-12(16)14(15)17/h4-9H,3H2,1-2H3. The first kappa shape index (κ1) is 10.9. The SMILES string of the molecule is CCn1c(=O)c2cccn2c2cc(OC)ccc21. The van der Waals surface area contributed by atoms with E-state index in [1.54, 1.807) is 11.7 Å². The maximum Gasteiger partial charge on any atom is 0.275 e. The third-order valence-electron chi connectivity index (χ3n) is 3.26. The van der Waals surface area contributed by atoms with Gasteiger partial charge in [0.15, 0.2) is 0 Å². The van der Waals surface area contributed by atoms with Gasteiger partial charge in [-0.15, -0.1) is 0 Å². The van der Waals surface area contributed by atoms with Gasteiger partial charge in [0.1, 0.15) is 11.3 Å². The lowest BCUT2D eigenvalue weighted by atomic mass is 10.2.